The van der Waals surface area contributed by atoms with Gasteiger partial charge in [-0.3, -0.25) is 0 Å². The number of alkyl halides is 3. The fourth-order valence-electron chi connectivity index (χ4n) is 2.33. The van der Waals surface area contributed by atoms with Crippen molar-refractivity contribution in [1.82, 2.24) is 0 Å². The minimum absolute atomic E-state index is 0.237. The largest absolute Gasteiger partial charge is 0.573 e. The van der Waals surface area contributed by atoms with Crippen molar-refractivity contribution >= 4 is 21.4 Å². The van der Waals surface area contributed by atoms with Crippen molar-refractivity contribution in [1.29, 1.82) is 0 Å². The van der Waals surface area contributed by atoms with Gasteiger partial charge in [0.25, 0.3) is 0 Å². The Labute approximate surface area is 141 Å². The highest BCUT2D eigenvalue weighted by atomic mass is 32.1. The van der Waals surface area contributed by atoms with Crippen molar-refractivity contribution in [2.75, 3.05) is 0 Å². The van der Waals surface area contributed by atoms with Gasteiger partial charge >= 0.3 is 6.36 Å². The maximum Gasteiger partial charge on any atom is 0.573 e. The molecule has 0 aliphatic carbocycles. The van der Waals surface area contributed by atoms with Gasteiger partial charge in [0.2, 0.25) is 0 Å². The van der Waals surface area contributed by atoms with Crippen molar-refractivity contribution in [3.63, 3.8) is 0 Å². The molecule has 6 heteroatoms. The second-order valence-corrected chi connectivity index (χ2v) is 6.36. The second kappa shape index (κ2) is 6.73. The quantitative estimate of drug-likeness (QED) is 0.566. The topological polar surface area (TPSA) is 18.5 Å². The fraction of sp³-hybridized carbons (Fsp3) is 0.222. The van der Waals surface area contributed by atoms with Crippen LogP contribution in [0.1, 0.15) is 17.4 Å². The van der Waals surface area contributed by atoms with Crippen LogP contribution in [0.25, 0.3) is 10.1 Å². The van der Waals surface area contributed by atoms with Gasteiger partial charge in [-0.2, -0.15) is 0 Å². The summed E-state index contributed by atoms with van der Waals surface area (Å²) in [5, 5.41) is 1.14. The molecular formula is C18H15F3O2S. The van der Waals surface area contributed by atoms with E-state index in [-0.39, 0.29) is 12.4 Å². The zero-order chi connectivity index (χ0) is 17.2. The van der Waals surface area contributed by atoms with Crippen molar-refractivity contribution < 1.29 is 22.6 Å². The Hall–Kier alpha value is -2.21. The van der Waals surface area contributed by atoms with Gasteiger partial charge in [0.05, 0.1) is 4.70 Å². The summed E-state index contributed by atoms with van der Waals surface area (Å²) in [7, 11) is 0. The molecule has 24 heavy (non-hydrogen) atoms. The molecule has 3 aromatic rings. The van der Waals surface area contributed by atoms with Crippen LogP contribution in [-0.2, 0) is 13.0 Å². The van der Waals surface area contributed by atoms with Gasteiger partial charge in [-0.05, 0) is 41.6 Å². The number of hydrogen-bond donors (Lipinski definition) is 0. The van der Waals surface area contributed by atoms with Crippen molar-refractivity contribution in [3.05, 3.63) is 59.0 Å². The SMILES string of the molecule is CCc1cc2cccc(OCc3ccc(OC(F)(F)F)cc3)c2s1. The van der Waals surface area contributed by atoms with E-state index in [0.29, 0.717) is 0 Å². The highest BCUT2D eigenvalue weighted by Crippen LogP contribution is 2.34. The summed E-state index contributed by atoms with van der Waals surface area (Å²) in [5.74, 6) is 0.548. The van der Waals surface area contributed by atoms with Crippen LogP contribution in [0.5, 0.6) is 11.5 Å². The number of ether oxygens (including phenoxy) is 2. The highest BCUT2D eigenvalue weighted by Gasteiger charge is 2.30. The molecule has 0 atom stereocenters. The molecule has 0 spiro atoms. The Morgan fingerprint density at radius 2 is 1.79 bits per heavy atom. The molecule has 2 aromatic carbocycles. The van der Waals surface area contributed by atoms with Crippen LogP contribution < -0.4 is 9.47 Å². The van der Waals surface area contributed by atoms with Crippen molar-refractivity contribution in [2.24, 2.45) is 0 Å². The van der Waals surface area contributed by atoms with E-state index >= 15 is 0 Å². The molecule has 0 fully saturated rings. The van der Waals surface area contributed by atoms with Gasteiger partial charge < -0.3 is 9.47 Å². The van der Waals surface area contributed by atoms with Gasteiger partial charge in [0, 0.05) is 4.88 Å². The lowest BCUT2D eigenvalue weighted by Gasteiger charge is -2.10. The minimum Gasteiger partial charge on any atom is -0.487 e. The Morgan fingerprint density at radius 3 is 2.46 bits per heavy atom. The van der Waals surface area contributed by atoms with Crippen molar-refractivity contribution in [2.45, 2.75) is 26.3 Å². The first-order valence-corrected chi connectivity index (χ1v) is 8.25. The third-order valence-corrected chi connectivity index (χ3v) is 4.77. The maximum atomic E-state index is 12.1. The highest BCUT2D eigenvalue weighted by molar-refractivity contribution is 7.19. The average Bonchev–Trinajstić information content (AvgIpc) is 2.96. The van der Waals surface area contributed by atoms with Crippen LogP contribution >= 0.6 is 11.3 Å². The van der Waals surface area contributed by atoms with Crippen LogP contribution in [0.3, 0.4) is 0 Å². The predicted molar refractivity (Wildman–Crippen MR) is 88.7 cm³/mol. The van der Waals surface area contributed by atoms with Crippen LogP contribution in [0.2, 0.25) is 0 Å². The van der Waals surface area contributed by atoms with Crippen LogP contribution in [0.15, 0.2) is 48.5 Å². The molecular weight excluding hydrogens is 337 g/mol. The molecule has 0 bridgehead atoms. The van der Waals surface area contributed by atoms with E-state index in [4.69, 9.17) is 4.74 Å². The van der Waals surface area contributed by atoms with Crippen LogP contribution in [0, 0.1) is 0 Å². The monoisotopic (exact) mass is 352 g/mol. The molecule has 0 aliphatic rings. The normalized spacial score (nSPS) is 11.7. The molecule has 0 amide bonds. The first-order chi connectivity index (χ1) is 11.4. The molecule has 0 unspecified atom stereocenters. The molecule has 126 valence electrons. The number of aryl methyl sites for hydroxylation is 1. The molecule has 2 nitrogen and oxygen atoms in total. The van der Waals surface area contributed by atoms with E-state index < -0.39 is 6.36 Å². The number of rotatable bonds is 5. The summed E-state index contributed by atoms with van der Waals surface area (Å²) in [6, 6.07) is 13.7. The van der Waals surface area contributed by atoms with Crippen molar-refractivity contribution in [3.8, 4) is 11.5 Å². The predicted octanol–water partition coefficient (Wildman–Crippen LogP) is 5.94. The minimum atomic E-state index is -4.68. The van der Waals surface area contributed by atoms with E-state index in [1.807, 2.05) is 18.2 Å². The molecule has 0 saturated carbocycles. The van der Waals surface area contributed by atoms with Gasteiger partial charge in [0.15, 0.2) is 0 Å². The summed E-state index contributed by atoms with van der Waals surface area (Å²) in [6.07, 6.45) is -3.71. The third-order valence-electron chi connectivity index (χ3n) is 3.46. The van der Waals surface area contributed by atoms with E-state index in [0.717, 1.165) is 27.8 Å². The number of fused-ring (bicyclic) bond motifs is 1. The van der Waals surface area contributed by atoms with E-state index in [9.17, 15) is 13.2 Å². The zero-order valence-corrected chi connectivity index (χ0v) is 13.7. The van der Waals surface area contributed by atoms with Gasteiger partial charge in [-0.15, -0.1) is 24.5 Å². The summed E-state index contributed by atoms with van der Waals surface area (Å²) in [4.78, 5) is 1.29. The standard InChI is InChI=1S/C18H15F3O2S/c1-2-15-10-13-4-3-5-16(17(13)24-15)22-11-12-6-8-14(9-7-12)23-18(19,20)21/h3-10H,2,11H2,1H3. The molecule has 1 heterocycles. The fourth-order valence-corrected chi connectivity index (χ4v) is 3.39. The Bertz CT molecular complexity index is 822. The van der Waals surface area contributed by atoms with Crippen LogP contribution in [-0.4, -0.2) is 6.36 Å². The summed E-state index contributed by atoms with van der Waals surface area (Å²) in [6.45, 7) is 2.39. The van der Waals surface area contributed by atoms with Gasteiger partial charge in [0.1, 0.15) is 18.1 Å². The lowest BCUT2D eigenvalue weighted by Crippen LogP contribution is -2.17. The maximum absolute atomic E-state index is 12.1. The zero-order valence-electron chi connectivity index (χ0n) is 12.9. The molecule has 3 rings (SSSR count). The lowest BCUT2D eigenvalue weighted by atomic mass is 10.2. The summed E-state index contributed by atoms with van der Waals surface area (Å²) >= 11 is 1.70. The number of halogens is 3. The van der Waals surface area contributed by atoms with E-state index in [1.165, 1.54) is 17.0 Å². The first-order valence-electron chi connectivity index (χ1n) is 7.43. The molecule has 0 aliphatic heterocycles. The first kappa shape index (κ1) is 16.6. The number of hydrogen-bond acceptors (Lipinski definition) is 3. The third kappa shape index (κ3) is 4.00. The lowest BCUT2D eigenvalue weighted by molar-refractivity contribution is -0.274. The Kier molecular flexibility index (Phi) is 4.66. The molecule has 0 radical (unpaired) electrons. The summed E-state index contributed by atoms with van der Waals surface area (Å²) in [5.41, 5.74) is 0.772. The van der Waals surface area contributed by atoms with E-state index in [1.54, 1.807) is 23.5 Å². The average molecular weight is 352 g/mol. The van der Waals surface area contributed by atoms with Gasteiger partial charge in [-0.25, -0.2) is 0 Å². The Morgan fingerprint density at radius 1 is 1.04 bits per heavy atom. The van der Waals surface area contributed by atoms with Crippen LogP contribution in [0.4, 0.5) is 13.2 Å². The van der Waals surface area contributed by atoms with E-state index in [2.05, 4.69) is 17.7 Å². The molecule has 0 saturated heterocycles. The molecule has 1 aromatic heterocycles. The smallest absolute Gasteiger partial charge is 0.487 e. The molecule has 0 N–H and O–H groups in total. The second-order valence-electron chi connectivity index (χ2n) is 5.22. The Balaban J connectivity index is 1.71. The number of benzene rings is 2. The van der Waals surface area contributed by atoms with Gasteiger partial charge in [-0.1, -0.05) is 31.2 Å². The number of thiophene rings is 1. The summed E-state index contributed by atoms with van der Waals surface area (Å²) < 4.78 is 47.2.